The highest BCUT2D eigenvalue weighted by molar-refractivity contribution is 6.05. The van der Waals surface area contributed by atoms with Gasteiger partial charge in [-0.05, 0) is 32.8 Å². The van der Waals surface area contributed by atoms with Gasteiger partial charge in [-0.25, -0.2) is 9.59 Å². The number of esters is 2. The summed E-state index contributed by atoms with van der Waals surface area (Å²) in [6.45, 7) is 4.79. The lowest BCUT2D eigenvalue weighted by Gasteiger charge is -2.29. The highest BCUT2D eigenvalue weighted by Gasteiger charge is 2.46. The van der Waals surface area contributed by atoms with Crippen molar-refractivity contribution < 1.29 is 29.0 Å². The summed E-state index contributed by atoms with van der Waals surface area (Å²) in [5.41, 5.74) is 3.57. The molecular formula is C17H23NO6. The highest BCUT2D eigenvalue weighted by atomic mass is 16.6. The molecule has 0 saturated heterocycles. The molecule has 1 aromatic carbocycles. The number of ether oxygens (including phenoxy) is 2. The maximum Gasteiger partial charge on any atom is 0.338 e. The number of carboxylic acid groups (broad SMARTS) is 1. The van der Waals surface area contributed by atoms with Crippen LogP contribution in [-0.2, 0) is 30.5 Å². The Balaban J connectivity index is 2.88. The van der Waals surface area contributed by atoms with Crippen molar-refractivity contribution in [1.82, 2.24) is 0 Å². The monoisotopic (exact) mass is 337 g/mol. The minimum atomic E-state index is -2.17. The van der Waals surface area contributed by atoms with E-state index < -0.39 is 41.9 Å². The predicted octanol–water partition coefficient (Wildman–Crippen LogP) is 1.63. The molecule has 0 amide bonds. The van der Waals surface area contributed by atoms with Gasteiger partial charge in [0.2, 0.25) is 5.54 Å². The first-order valence-corrected chi connectivity index (χ1v) is 7.50. The molecule has 132 valence electrons. The van der Waals surface area contributed by atoms with Crippen LogP contribution in [0.15, 0.2) is 30.3 Å². The smallest absolute Gasteiger partial charge is 0.338 e. The molecule has 0 bridgehead atoms. The van der Waals surface area contributed by atoms with Crippen LogP contribution in [0.25, 0.3) is 0 Å². The Morgan fingerprint density at radius 1 is 1.08 bits per heavy atom. The van der Waals surface area contributed by atoms with Gasteiger partial charge in [-0.1, -0.05) is 30.3 Å². The van der Waals surface area contributed by atoms with Crippen molar-refractivity contribution in [3.63, 3.8) is 0 Å². The molecule has 0 saturated carbocycles. The molecule has 0 heterocycles. The minimum Gasteiger partial charge on any atom is -0.481 e. The van der Waals surface area contributed by atoms with Crippen LogP contribution in [0.1, 0.15) is 39.2 Å². The van der Waals surface area contributed by atoms with Gasteiger partial charge >= 0.3 is 17.9 Å². The molecule has 7 heteroatoms. The maximum absolute atomic E-state index is 12.3. The van der Waals surface area contributed by atoms with E-state index in [1.807, 2.05) is 6.07 Å². The third-order valence-electron chi connectivity index (χ3n) is 3.07. The van der Waals surface area contributed by atoms with Crippen LogP contribution in [0.3, 0.4) is 0 Å². The Kier molecular flexibility index (Phi) is 6.48. The van der Waals surface area contributed by atoms with Gasteiger partial charge in [0.25, 0.3) is 0 Å². The molecule has 1 atom stereocenters. The summed E-state index contributed by atoms with van der Waals surface area (Å²) >= 11 is 0. The fourth-order valence-corrected chi connectivity index (χ4v) is 1.81. The number of hydrogen-bond acceptors (Lipinski definition) is 6. The van der Waals surface area contributed by atoms with Gasteiger partial charge in [-0.15, -0.1) is 0 Å². The number of carbonyl (C=O) groups is 3. The number of aliphatic carboxylic acids is 1. The average Bonchev–Trinajstić information content (AvgIpc) is 2.49. The molecule has 0 aromatic heterocycles. The van der Waals surface area contributed by atoms with E-state index in [9.17, 15) is 14.4 Å². The van der Waals surface area contributed by atoms with Crippen molar-refractivity contribution in [1.29, 1.82) is 0 Å². The van der Waals surface area contributed by atoms with Gasteiger partial charge in [0.1, 0.15) is 12.2 Å². The minimum absolute atomic E-state index is 0.0749. The Hall–Kier alpha value is -2.41. The second kappa shape index (κ2) is 7.92. The van der Waals surface area contributed by atoms with E-state index in [0.717, 1.165) is 5.56 Å². The lowest BCUT2D eigenvalue weighted by molar-refractivity contribution is -0.172. The third kappa shape index (κ3) is 6.00. The Labute approximate surface area is 140 Å². The van der Waals surface area contributed by atoms with Crippen LogP contribution in [0.5, 0.6) is 0 Å². The molecule has 0 spiro atoms. The SMILES string of the molecule is CC(C)(C)OC(=O)[C@](N)(CCC(=O)O)C(=O)OCc1ccccc1. The molecule has 3 N–H and O–H groups in total. The zero-order valence-electron chi connectivity index (χ0n) is 14.1. The van der Waals surface area contributed by atoms with E-state index in [4.69, 9.17) is 20.3 Å². The lowest BCUT2D eigenvalue weighted by Crippen LogP contribution is -2.58. The maximum atomic E-state index is 12.3. The predicted molar refractivity (Wildman–Crippen MR) is 85.9 cm³/mol. The first-order valence-electron chi connectivity index (χ1n) is 7.50. The second-order valence-electron chi connectivity index (χ2n) is 6.43. The molecule has 0 fully saturated rings. The number of carbonyl (C=O) groups excluding carboxylic acids is 2. The number of hydrogen-bond donors (Lipinski definition) is 2. The summed E-state index contributed by atoms with van der Waals surface area (Å²) in [6.07, 6.45) is -0.874. The zero-order chi connectivity index (χ0) is 18.4. The van der Waals surface area contributed by atoms with Crippen LogP contribution in [-0.4, -0.2) is 34.2 Å². The van der Waals surface area contributed by atoms with Gasteiger partial charge in [-0.2, -0.15) is 0 Å². The van der Waals surface area contributed by atoms with Gasteiger partial charge in [0.05, 0.1) is 0 Å². The first kappa shape index (κ1) is 19.6. The van der Waals surface area contributed by atoms with E-state index in [-0.39, 0.29) is 6.61 Å². The molecule has 0 radical (unpaired) electrons. The summed E-state index contributed by atoms with van der Waals surface area (Å²) in [5.74, 6) is -3.19. The van der Waals surface area contributed by atoms with Crippen molar-refractivity contribution in [3.8, 4) is 0 Å². The number of benzene rings is 1. The summed E-state index contributed by atoms with van der Waals surface area (Å²) in [4.78, 5) is 35.4. The molecule has 0 aliphatic heterocycles. The Bertz CT molecular complexity index is 593. The topological polar surface area (TPSA) is 116 Å². The van der Waals surface area contributed by atoms with E-state index in [1.165, 1.54) is 0 Å². The van der Waals surface area contributed by atoms with E-state index >= 15 is 0 Å². The van der Waals surface area contributed by atoms with Crippen LogP contribution in [0.2, 0.25) is 0 Å². The molecule has 0 unspecified atom stereocenters. The molecule has 7 nitrogen and oxygen atoms in total. The van der Waals surface area contributed by atoms with E-state index in [1.54, 1.807) is 45.0 Å². The molecule has 1 rings (SSSR count). The van der Waals surface area contributed by atoms with Gasteiger partial charge in [-0.3, -0.25) is 4.79 Å². The van der Waals surface area contributed by atoms with Crippen molar-refractivity contribution in [2.24, 2.45) is 5.73 Å². The quantitative estimate of drug-likeness (QED) is 0.574. The fraction of sp³-hybridized carbons (Fsp3) is 0.471. The zero-order valence-corrected chi connectivity index (χ0v) is 14.1. The Morgan fingerprint density at radius 2 is 1.67 bits per heavy atom. The molecule has 1 aromatic rings. The molecule has 0 aliphatic rings. The highest BCUT2D eigenvalue weighted by Crippen LogP contribution is 2.20. The van der Waals surface area contributed by atoms with Crippen LogP contribution < -0.4 is 5.73 Å². The van der Waals surface area contributed by atoms with Crippen molar-refractivity contribution >= 4 is 17.9 Å². The summed E-state index contributed by atoms with van der Waals surface area (Å²) in [6, 6.07) is 8.85. The number of nitrogens with two attached hydrogens (primary N) is 1. The van der Waals surface area contributed by atoms with Crippen molar-refractivity contribution in [2.75, 3.05) is 0 Å². The Morgan fingerprint density at radius 3 is 2.17 bits per heavy atom. The van der Waals surface area contributed by atoms with Crippen molar-refractivity contribution in [2.45, 2.75) is 51.4 Å². The van der Waals surface area contributed by atoms with Gasteiger partial charge in [0.15, 0.2) is 0 Å². The third-order valence-corrected chi connectivity index (χ3v) is 3.07. The molecular weight excluding hydrogens is 314 g/mol. The summed E-state index contributed by atoms with van der Waals surface area (Å²) < 4.78 is 10.3. The fourth-order valence-electron chi connectivity index (χ4n) is 1.81. The first-order chi connectivity index (χ1) is 11.0. The normalized spacial score (nSPS) is 13.7. The summed E-state index contributed by atoms with van der Waals surface area (Å²) in [5, 5.41) is 8.82. The second-order valence-corrected chi connectivity index (χ2v) is 6.43. The molecule has 0 aliphatic carbocycles. The van der Waals surface area contributed by atoms with Gasteiger partial charge < -0.3 is 20.3 Å². The van der Waals surface area contributed by atoms with Crippen LogP contribution in [0, 0.1) is 0 Å². The average molecular weight is 337 g/mol. The van der Waals surface area contributed by atoms with Gasteiger partial charge in [0, 0.05) is 6.42 Å². The van der Waals surface area contributed by atoms with Crippen LogP contribution >= 0.6 is 0 Å². The largest absolute Gasteiger partial charge is 0.481 e. The number of carboxylic acids is 1. The lowest BCUT2D eigenvalue weighted by atomic mass is 9.94. The molecule has 24 heavy (non-hydrogen) atoms. The van der Waals surface area contributed by atoms with E-state index in [2.05, 4.69) is 0 Å². The van der Waals surface area contributed by atoms with Crippen LogP contribution in [0.4, 0.5) is 0 Å². The van der Waals surface area contributed by atoms with Crippen molar-refractivity contribution in [3.05, 3.63) is 35.9 Å². The summed E-state index contributed by atoms with van der Waals surface area (Å²) in [7, 11) is 0. The number of rotatable bonds is 7. The standard InChI is InChI=1S/C17H23NO6/c1-16(2,3)24-15(22)17(18,10-9-13(19)20)14(21)23-11-12-7-5-4-6-8-12/h4-8H,9-11,18H2,1-3H3,(H,19,20)/t17-/m0/s1. The van der Waals surface area contributed by atoms with E-state index in [0.29, 0.717) is 0 Å².